The quantitative estimate of drug-likeness (QED) is 0.140. The average Bonchev–Trinajstić information content (AvgIpc) is 3.55. The van der Waals surface area contributed by atoms with Gasteiger partial charge in [-0.05, 0) is 67.6 Å². The minimum absolute atomic E-state index is 0.166. The average molecular weight is 599 g/mol. The van der Waals surface area contributed by atoms with Gasteiger partial charge in [0.1, 0.15) is 0 Å². The van der Waals surface area contributed by atoms with Crippen molar-refractivity contribution < 1.29 is 0 Å². The van der Waals surface area contributed by atoms with Crippen LogP contribution in [0.25, 0.3) is 15.3 Å². The number of aromatic amines is 1. The van der Waals surface area contributed by atoms with Gasteiger partial charge in [-0.15, -0.1) is 11.8 Å². The third-order valence-electron chi connectivity index (χ3n) is 6.12. The molecule has 6 rings (SSSR count). The Morgan fingerprint density at radius 1 is 0.925 bits per heavy atom. The van der Waals surface area contributed by atoms with Crippen LogP contribution in [0.1, 0.15) is 18.2 Å². The Kier molecular flexibility index (Phi) is 7.93. The lowest BCUT2D eigenvalue weighted by Gasteiger charge is -2.07. The van der Waals surface area contributed by atoms with Crippen LogP contribution in [0.4, 0.5) is 5.69 Å². The number of para-hydroxylation sites is 2. The Bertz CT molecular complexity index is 1840. The molecule has 0 spiro atoms. The van der Waals surface area contributed by atoms with E-state index in [2.05, 4.69) is 23.3 Å². The van der Waals surface area contributed by atoms with Crippen molar-refractivity contribution in [1.29, 1.82) is 0 Å². The Balaban J connectivity index is 1.41. The van der Waals surface area contributed by atoms with Crippen molar-refractivity contribution in [2.24, 2.45) is 4.99 Å². The molecule has 0 aliphatic heterocycles. The number of halogens is 1. The van der Waals surface area contributed by atoms with Crippen molar-refractivity contribution in [2.75, 3.05) is 0 Å². The van der Waals surface area contributed by atoms with Crippen molar-refractivity contribution in [1.82, 2.24) is 14.8 Å². The number of benzene rings is 4. The zero-order valence-corrected chi connectivity index (χ0v) is 24.6. The smallest absolute Gasteiger partial charge is 0.282 e. The van der Waals surface area contributed by atoms with Gasteiger partial charge in [0.15, 0.2) is 0 Å². The number of hydrogen-bond donors (Lipinski definition) is 1. The lowest BCUT2D eigenvalue weighted by molar-refractivity contribution is 0.827. The van der Waals surface area contributed by atoms with E-state index in [1.807, 2.05) is 91.9 Å². The first kappa shape index (κ1) is 26.7. The molecule has 1 N–H and O–H groups in total. The minimum Gasteiger partial charge on any atom is -0.291 e. The van der Waals surface area contributed by atoms with Crippen LogP contribution in [-0.2, 0) is 5.75 Å². The van der Waals surface area contributed by atoms with E-state index in [1.54, 1.807) is 28.2 Å². The number of rotatable bonds is 8. The molecule has 5 nitrogen and oxygen atoms in total. The summed E-state index contributed by atoms with van der Waals surface area (Å²) in [6.07, 6.45) is 0. The maximum atomic E-state index is 13.9. The summed E-state index contributed by atoms with van der Waals surface area (Å²) < 4.78 is 2.57. The van der Waals surface area contributed by atoms with Crippen LogP contribution in [0.2, 0.25) is 5.02 Å². The molecule has 0 amide bonds. The van der Waals surface area contributed by atoms with Crippen LogP contribution in [0.5, 0.6) is 0 Å². The van der Waals surface area contributed by atoms with E-state index in [-0.39, 0.29) is 5.56 Å². The van der Waals surface area contributed by atoms with Gasteiger partial charge in [-0.1, -0.05) is 77.2 Å². The number of thioether (sulfide) groups is 1. The van der Waals surface area contributed by atoms with Crippen molar-refractivity contribution in [3.8, 4) is 5.13 Å². The molecule has 0 radical (unpaired) electrons. The fourth-order valence-electron chi connectivity index (χ4n) is 4.22. The standard InChI is InChI=1S/C31H23ClN4OS3/c1-20(33-24-11-5-7-13-27(24)39-23-9-3-2-4-10-23)29-26(19-38-22-17-15-21(32)16-18-22)35-36(30(29)37)31-34-25-12-6-8-14-28(25)40-31/h2-18,35H,19H2,1H3. The summed E-state index contributed by atoms with van der Waals surface area (Å²) in [5.74, 6) is 0.553. The first-order chi connectivity index (χ1) is 19.5. The maximum Gasteiger partial charge on any atom is 0.282 e. The minimum atomic E-state index is -0.166. The summed E-state index contributed by atoms with van der Waals surface area (Å²) in [6.45, 7) is 1.90. The molecule has 4 aromatic carbocycles. The van der Waals surface area contributed by atoms with E-state index < -0.39 is 0 Å². The molecule has 0 fully saturated rings. The molecule has 6 aromatic rings. The number of H-pyrrole nitrogens is 1. The fraction of sp³-hybridized carbons (Fsp3) is 0.0645. The predicted molar refractivity (Wildman–Crippen MR) is 169 cm³/mol. The molecule has 198 valence electrons. The topological polar surface area (TPSA) is 63.0 Å². The van der Waals surface area contributed by atoms with E-state index in [0.29, 0.717) is 27.2 Å². The van der Waals surface area contributed by atoms with Gasteiger partial charge < -0.3 is 0 Å². The van der Waals surface area contributed by atoms with E-state index in [1.165, 1.54) is 11.3 Å². The van der Waals surface area contributed by atoms with Crippen LogP contribution in [0.3, 0.4) is 0 Å². The van der Waals surface area contributed by atoms with Gasteiger partial charge in [0, 0.05) is 25.5 Å². The number of nitrogens with zero attached hydrogens (tertiary/aromatic N) is 3. The SMILES string of the molecule is CC(=Nc1ccccc1Sc1ccccc1)c1c(CSc2ccc(Cl)cc2)[nH]n(-c2nc3ccccc3s2)c1=O. The number of aliphatic imine (C=N–C) groups is 1. The zero-order valence-electron chi connectivity index (χ0n) is 21.4. The summed E-state index contributed by atoms with van der Waals surface area (Å²) in [5.41, 5.74) is 3.50. The molecule has 2 heterocycles. The molecule has 2 aromatic heterocycles. The van der Waals surface area contributed by atoms with Crippen molar-refractivity contribution in [2.45, 2.75) is 27.4 Å². The first-order valence-corrected chi connectivity index (χ1v) is 15.5. The Morgan fingerprint density at radius 2 is 1.65 bits per heavy atom. The number of aromatic nitrogens is 3. The van der Waals surface area contributed by atoms with Crippen molar-refractivity contribution in [3.63, 3.8) is 0 Å². The highest BCUT2D eigenvalue weighted by Gasteiger charge is 2.20. The monoisotopic (exact) mass is 598 g/mol. The molecule has 0 bridgehead atoms. The van der Waals surface area contributed by atoms with Gasteiger partial charge in [-0.25, -0.2) is 4.98 Å². The zero-order chi connectivity index (χ0) is 27.5. The molecule has 0 unspecified atom stereocenters. The fourth-order valence-corrected chi connectivity index (χ4v) is 7.04. The first-order valence-electron chi connectivity index (χ1n) is 12.5. The molecule has 0 atom stereocenters. The second-order valence-corrected chi connectivity index (χ2v) is 12.5. The normalized spacial score (nSPS) is 11.8. The lowest BCUT2D eigenvalue weighted by Crippen LogP contribution is -2.19. The summed E-state index contributed by atoms with van der Waals surface area (Å²) >= 11 is 10.8. The Hall–Kier alpha value is -3.56. The van der Waals surface area contributed by atoms with Crippen LogP contribution in [-0.4, -0.2) is 20.5 Å². The van der Waals surface area contributed by atoms with Crippen LogP contribution < -0.4 is 5.56 Å². The highest BCUT2D eigenvalue weighted by atomic mass is 35.5. The molecule has 0 saturated heterocycles. The third kappa shape index (κ3) is 5.81. The maximum absolute atomic E-state index is 13.9. The van der Waals surface area contributed by atoms with Crippen molar-refractivity contribution >= 4 is 68.1 Å². The highest BCUT2D eigenvalue weighted by Crippen LogP contribution is 2.35. The molecule has 40 heavy (non-hydrogen) atoms. The summed E-state index contributed by atoms with van der Waals surface area (Å²) in [6, 6.07) is 33.8. The third-order valence-corrected chi connectivity index (χ3v) is 9.51. The van der Waals surface area contributed by atoms with Gasteiger partial charge in [-0.2, -0.15) is 4.68 Å². The number of nitrogens with one attached hydrogen (secondary N) is 1. The molecule has 0 aliphatic carbocycles. The molecule has 0 saturated carbocycles. The van der Waals surface area contributed by atoms with Gasteiger partial charge in [-0.3, -0.25) is 14.9 Å². The van der Waals surface area contributed by atoms with E-state index in [9.17, 15) is 4.79 Å². The van der Waals surface area contributed by atoms with E-state index >= 15 is 0 Å². The predicted octanol–water partition coefficient (Wildman–Crippen LogP) is 9.01. The largest absolute Gasteiger partial charge is 0.291 e. The number of thiazole rings is 1. The summed E-state index contributed by atoms with van der Waals surface area (Å²) in [5, 5.41) is 4.64. The highest BCUT2D eigenvalue weighted by molar-refractivity contribution is 7.99. The molecule has 9 heteroatoms. The van der Waals surface area contributed by atoms with E-state index in [0.717, 1.165) is 36.3 Å². The molecule has 0 aliphatic rings. The Labute approximate surface area is 249 Å². The lowest BCUT2D eigenvalue weighted by atomic mass is 10.1. The second kappa shape index (κ2) is 11.9. The number of hydrogen-bond acceptors (Lipinski definition) is 6. The summed E-state index contributed by atoms with van der Waals surface area (Å²) in [7, 11) is 0. The van der Waals surface area contributed by atoms with Crippen LogP contribution in [0.15, 0.2) is 128 Å². The second-order valence-electron chi connectivity index (χ2n) is 8.89. The van der Waals surface area contributed by atoms with Gasteiger partial charge in [0.2, 0.25) is 5.13 Å². The molecular formula is C31H23ClN4OS3. The van der Waals surface area contributed by atoms with Gasteiger partial charge in [0.05, 0.1) is 32.9 Å². The van der Waals surface area contributed by atoms with Crippen LogP contribution >= 0.6 is 46.5 Å². The van der Waals surface area contributed by atoms with Crippen molar-refractivity contribution in [3.05, 3.63) is 130 Å². The molecular weight excluding hydrogens is 576 g/mol. The van der Waals surface area contributed by atoms with E-state index in [4.69, 9.17) is 21.6 Å². The number of fused-ring (bicyclic) bond motifs is 1. The van der Waals surface area contributed by atoms with Gasteiger partial charge >= 0.3 is 0 Å². The Morgan fingerprint density at radius 3 is 2.45 bits per heavy atom. The van der Waals surface area contributed by atoms with Gasteiger partial charge in [0.25, 0.3) is 5.56 Å². The van der Waals surface area contributed by atoms with Crippen LogP contribution in [0, 0.1) is 0 Å². The summed E-state index contributed by atoms with van der Waals surface area (Å²) in [4.78, 5) is 26.8.